The third-order valence-corrected chi connectivity index (χ3v) is 7.55. The van der Waals surface area contributed by atoms with Crippen molar-refractivity contribution in [3.8, 4) is 0 Å². The van der Waals surface area contributed by atoms with Gasteiger partial charge < -0.3 is 20.1 Å². The summed E-state index contributed by atoms with van der Waals surface area (Å²) in [6.45, 7) is 2.49. The largest absolute Gasteiger partial charge is 0.466 e. The topological polar surface area (TPSA) is 91.8 Å². The van der Waals surface area contributed by atoms with Crippen molar-refractivity contribution in [2.24, 2.45) is 23.7 Å². The highest BCUT2D eigenvalue weighted by atomic mass is 19.4. The molecule has 2 aliphatic carbocycles. The second-order valence-electron chi connectivity index (χ2n) is 9.38. The van der Waals surface area contributed by atoms with Gasteiger partial charge in [0.25, 0.3) is 0 Å². The Labute approximate surface area is 190 Å². The lowest BCUT2D eigenvalue weighted by molar-refractivity contribution is -0.152. The van der Waals surface area contributed by atoms with Crippen LogP contribution in [0.15, 0.2) is 18.3 Å². The molecule has 1 saturated heterocycles. The van der Waals surface area contributed by atoms with Crippen molar-refractivity contribution in [3.63, 3.8) is 0 Å². The Kier molecular flexibility index (Phi) is 6.72. The quantitative estimate of drug-likeness (QED) is 0.611. The molecule has 10 heteroatoms. The van der Waals surface area contributed by atoms with E-state index >= 15 is 0 Å². The Morgan fingerprint density at radius 2 is 1.91 bits per heavy atom. The number of carbonyl (C=O) groups is 2. The second-order valence-corrected chi connectivity index (χ2v) is 9.38. The predicted molar refractivity (Wildman–Crippen MR) is 113 cm³/mol. The van der Waals surface area contributed by atoms with Crippen molar-refractivity contribution in [1.82, 2.24) is 9.88 Å². The molecule has 4 rings (SSSR count). The number of rotatable bonds is 5. The van der Waals surface area contributed by atoms with Crippen molar-refractivity contribution in [1.29, 1.82) is 0 Å². The average Bonchev–Trinajstić information content (AvgIpc) is 3.16. The van der Waals surface area contributed by atoms with E-state index in [1.54, 1.807) is 6.92 Å². The van der Waals surface area contributed by atoms with Crippen LogP contribution in [0.4, 0.5) is 23.8 Å². The number of hydrogen-bond donors (Lipinski definition) is 2. The third-order valence-electron chi connectivity index (χ3n) is 7.55. The predicted octanol–water partition coefficient (Wildman–Crippen LogP) is 4.64. The molecule has 7 nitrogen and oxygen atoms in total. The zero-order valence-electron chi connectivity index (χ0n) is 18.6. The van der Waals surface area contributed by atoms with E-state index in [-0.39, 0.29) is 41.7 Å². The molecule has 33 heavy (non-hydrogen) atoms. The number of ether oxygens (including phenoxy) is 1. The van der Waals surface area contributed by atoms with E-state index in [9.17, 15) is 27.9 Å². The van der Waals surface area contributed by atoms with E-state index in [0.717, 1.165) is 31.5 Å². The van der Waals surface area contributed by atoms with Crippen LogP contribution >= 0.6 is 0 Å². The first-order chi connectivity index (χ1) is 15.7. The second kappa shape index (κ2) is 9.38. The first-order valence-electron chi connectivity index (χ1n) is 11.6. The Morgan fingerprint density at radius 3 is 2.45 bits per heavy atom. The van der Waals surface area contributed by atoms with Gasteiger partial charge in [0.1, 0.15) is 5.82 Å². The molecule has 3 aliphatic rings. The Balaban J connectivity index is 1.55. The summed E-state index contributed by atoms with van der Waals surface area (Å²) in [4.78, 5) is 29.9. The number of likely N-dealkylation sites (tertiary alicyclic amines) is 1. The van der Waals surface area contributed by atoms with Crippen LogP contribution in [0.2, 0.25) is 0 Å². The highest BCUT2D eigenvalue weighted by Gasteiger charge is 2.52. The molecule has 182 valence electrons. The van der Waals surface area contributed by atoms with Crippen molar-refractivity contribution >= 4 is 17.9 Å². The summed E-state index contributed by atoms with van der Waals surface area (Å²) < 4.78 is 43.9. The number of hydrogen-bond acceptors (Lipinski definition) is 5. The number of fused-ring (bicyclic) bond motifs is 2. The number of anilines is 1. The van der Waals surface area contributed by atoms with Gasteiger partial charge in [-0.3, -0.25) is 4.79 Å². The first kappa shape index (κ1) is 23.6. The minimum absolute atomic E-state index is 0.0926. The van der Waals surface area contributed by atoms with Gasteiger partial charge >= 0.3 is 18.2 Å². The highest BCUT2D eigenvalue weighted by molar-refractivity contribution is 5.72. The SMILES string of the molecule is CCOC(=O)C1CC2CCCC(C1)C2C1[C@H](Nc2ccc(C(F)(F)F)cn2)CCN1C(=O)O. The lowest BCUT2D eigenvalue weighted by Gasteiger charge is -2.50. The van der Waals surface area contributed by atoms with Gasteiger partial charge in [-0.1, -0.05) is 19.3 Å². The number of halogens is 3. The van der Waals surface area contributed by atoms with Gasteiger partial charge in [0.05, 0.1) is 30.2 Å². The Morgan fingerprint density at radius 1 is 1.21 bits per heavy atom. The zero-order chi connectivity index (χ0) is 23.8. The van der Waals surface area contributed by atoms with Crippen molar-refractivity contribution < 1.29 is 32.6 Å². The number of carbonyl (C=O) groups excluding carboxylic acids is 1. The highest BCUT2D eigenvalue weighted by Crippen LogP contribution is 2.51. The molecule has 1 aliphatic heterocycles. The monoisotopic (exact) mass is 469 g/mol. The number of esters is 1. The van der Waals surface area contributed by atoms with Crippen LogP contribution in [0.1, 0.15) is 51.0 Å². The van der Waals surface area contributed by atoms with Gasteiger partial charge in [-0.15, -0.1) is 0 Å². The van der Waals surface area contributed by atoms with Crippen LogP contribution in [0.3, 0.4) is 0 Å². The molecule has 0 aromatic carbocycles. The number of amides is 1. The smallest absolute Gasteiger partial charge is 0.417 e. The van der Waals surface area contributed by atoms with Crippen molar-refractivity contribution in [3.05, 3.63) is 23.9 Å². The molecule has 1 aromatic rings. The number of nitrogens with zero attached hydrogens (tertiary/aromatic N) is 2. The molecule has 1 aromatic heterocycles. The average molecular weight is 470 g/mol. The van der Waals surface area contributed by atoms with Crippen LogP contribution < -0.4 is 5.32 Å². The van der Waals surface area contributed by atoms with Crippen molar-refractivity contribution in [2.75, 3.05) is 18.5 Å². The molecular formula is C23H30F3N3O4. The fraction of sp³-hybridized carbons (Fsp3) is 0.696. The summed E-state index contributed by atoms with van der Waals surface area (Å²) >= 11 is 0. The van der Waals surface area contributed by atoms with Gasteiger partial charge in [0.15, 0.2) is 0 Å². The summed E-state index contributed by atoms with van der Waals surface area (Å²) in [5, 5.41) is 13.1. The van der Waals surface area contributed by atoms with Crippen LogP contribution in [-0.4, -0.2) is 52.3 Å². The van der Waals surface area contributed by atoms with Gasteiger partial charge in [0.2, 0.25) is 0 Å². The standard InChI is InChI=1S/C23H30F3N3O4/c1-2-33-21(30)15-10-13-4-3-5-14(11-15)19(13)20-17(8-9-29(20)22(31)32)28-18-7-6-16(12-27-18)23(24,25)26/h6-7,12-15,17,19-20H,2-5,8-11H2,1H3,(H,27,28)(H,31,32)/t13?,14?,15?,17-,19?,20?/m1/s1. The molecule has 2 saturated carbocycles. The number of pyridine rings is 1. The fourth-order valence-electron chi connectivity index (χ4n) is 6.31. The van der Waals surface area contributed by atoms with E-state index < -0.39 is 17.8 Å². The minimum atomic E-state index is -4.46. The van der Waals surface area contributed by atoms with Gasteiger partial charge in [-0.05, 0) is 56.1 Å². The number of aromatic nitrogens is 1. The van der Waals surface area contributed by atoms with Crippen LogP contribution in [0, 0.1) is 23.7 Å². The minimum Gasteiger partial charge on any atom is -0.466 e. The molecule has 2 bridgehead atoms. The summed E-state index contributed by atoms with van der Waals surface area (Å²) in [7, 11) is 0. The van der Waals surface area contributed by atoms with E-state index in [1.807, 2.05) is 0 Å². The molecule has 4 atom stereocenters. The van der Waals surface area contributed by atoms with Crippen molar-refractivity contribution in [2.45, 2.75) is 63.7 Å². The Bertz CT molecular complexity index is 850. The lowest BCUT2D eigenvalue weighted by atomic mass is 9.58. The molecule has 1 amide bonds. The maximum absolute atomic E-state index is 12.9. The normalized spacial score (nSPS) is 31.8. The van der Waals surface area contributed by atoms with E-state index in [4.69, 9.17) is 4.74 Å². The zero-order valence-corrected chi connectivity index (χ0v) is 18.6. The van der Waals surface area contributed by atoms with E-state index in [2.05, 4.69) is 10.3 Å². The van der Waals surface area contributed by atoms with Gasteiger partial charge in [0, 0.05) is 12.7 Å². The van der Waals surface area contributed by atoms with E-state index in [1.165, 1.54) is 11.0 Å². The molecular weight excluding hydrogens is 439 g/mol. The summed E-state index contributed by atoms with van der Waals surface area (Å²) in [5.41, 5.74) is -0.824. The van der Waals surface area contributed by atoms with E-state index in [0.29, 0.717) is 38.2 Å². The number of nitrogens with one attached hydrogen (secondary N) is 1. The molecule has 3 unspecified atom stereocenters. The van der Waals surface area contributed by atoms with Gasteiger partial charge in [-0.25, -0.2) is 9.78 Å². The fourth-order valence-corrected chi connectivity index (χ4v) is 6.31. The molecule has 3 fully saturated rings. The third kappa shape index (κ3) is 4.89. The lowest BCUT2D eigenvalue weighted by Crippen LogP contribution is -2.54. The number of carboxylic acid groups (broad SMARTS) is 1. The maximum Gasteiger partial charge on any atom is 0.417 e. The molecule has 0 radical (unpaired) electrons. The maximum atomic E-state index is 12.9. The molecule has 2 N–H and O–H groups in total. The van der Waals surface area contributed by atoms with Crippen LogP contribution in [0.5, 0.6) is 0 Å². The van der Waals surface area contributed by atoms with Crippen LogP contribution in [-0.2, 0) is 15.7 Å². The summed E-state index contributed by atoms with van der Waals surface area (Å²) in [5.74, 6) is 0.492. The molecule has 0 spiro atoms. The van der Waals surface area contributed by atoms with Gasteiger partial charge in [-0.2, -0.15) is 13.2 Å². The first-order valence-corrected chi connectivity index (χ1v) is 11.6. The Hall–Kier alpha value is -2.52. The summed E-state index contributed by atoms with van der Waals surface area (Å²) in [6, 6.07) is 1.71. The number of alkyl halides is 3. The van der Waals surface area contributed by atoms with Crippen LogP contribution in [0.25, 0.3) is 0 Å². The molecule has 2 heterocycles. The summed E-state index contributed by atoms with van der Waals surface area (Å²) in [6.07, 6.45) is 0.201.